The molecule has 1 aliphatic carbocycles. The summed E-state index contributed by atoms with van der Waals surface area (Å²) < 4.78 is 10.9. The third-order valence-electron chi connectivity index (χ3n) is 7.76. The first-order valence-electron chi connectivity index (χ1n) is 14.0. The molecule has 1 saturated carbocycles. The number of nitrogens with one attached hydrogen (secondary N) is 1. The Balaban J connectivity index is 1.50. The molecule has 2 amide bonds. The lowest BCUT2D eigenvalue weighted by molar-refractivity contribution is -0.148. The number of carbonyl (C=O) groups is 2. The van der Waals surface area contributed by atoms with Crippen molar-refractivity contribution in [3.05, 3.63) is 93.8 Å². The van der Waals surface area contributed by atoms with Gasteiger partial charge in [0.1, 0.15) is 22.0 Å². The molecule has 1 aromatic heterocycles. The number of thiazole rings is 1. The van der Waals surface area contributed by atoms with Crippen molar-refractivity contribution in [2.75, 3.05) is 19.5 Å². The van der Waals surface area contributed by atoms with Crippen LogP contribution in [0.2, 0.25) is 5.02 Å². The van der Waals surface area contributed by atoms with Crippen molar-refractivity contribution in [2.45, 2.75) is 50.6 Å². The third-order valence-corrected chi connectivity index (χ3v) is 8.85. The van der Waals surface area contributed by atoms with E-state index >= 15 is 0 Å². The topological polar surface area (TPSA) is 80.8 Å². The first-order valence-corrected chi connectivity index (χ1v) is 15.3. The molecule has 42 heavy (non-hydrogen) atoms. The second-order valence-corrected chi connectivity index (χ2v) is 11.8. The summed E-state index contributed by atoms with van der Waals surface area (Å²) in [5.41, 5.74) is 2.15. The molecule has 0 atom stereocenters. The van der Waals surface area contributed by atoms with Gasteiger partial charge in [0.2, 0.25) is 11.8 Å². The van der Waals surface area contributed by atoms with E-state index in [2.05, 4.69) is 5.32 Å². The van der Waals surface area contributed by atoms with Crippen molar-refractivity contribution in [3.63, 3.8) is 0 Å². The molecule has 0 bridgehead atoms. The van der Waals surface area contributed by atoms with Gasteiger partial charge in [-0.1, -0.05) is 73.3 Å². The van der Waals surface area contributed by atoms with Crippen LogP contribution in [0.1, 0.15) is 42.7 Å². The fourth-order valence-corrected chi connectivity index (χ4v) is 6.43. The van der Waals surface area contributed by atoms with Gasteiger partial charge in [-0.3, -0.25) is 9.59 Å². The molecule has 0 aliphatic heterocycles. The number of methoxy groups -OCH3 is 2. The Labute approximate surface area is 255 Å². The molecule has 0 unspecified atom stereocenters. The molecule has 1 N–H and O–H groups in total. The summed E-state index contributed by atoms with van der Waals surface area (Å²) in [5, 5.41) is 6.51. The summed E-state index contributed by atoms with van der Waals surface area (Å²) in [6, 6.07) is 22.4. The minimum absolute atomic E-state index is 0.108. The second-order valence-electron chi connectivity index (χ2n) is 10.4. The Kier molecular flexibility index (Phi) is 9.45. The van der Waals surface area contributed by atoms with Gasteiger partial charge in [0.15, 0.2) is 0 Å². The maximum Gasteiger partial charge on any atom is 0.250 e. The first-order chi connectivity index (χ1) is 20.4. The van der Waals surface area contributed by atoms with Crippen LogP contribution in [0.3, 0.4) is 0 Å². The van der Waals surface area contributed by atoms with E-state index in [0.29, 0.717) is 35.1 Å². The molecular formula is C33H34ClN3O4S. The van der Waals surface area contributed by atoms with Gasteiger partial charge < -0.3 is 19.7 Å². The molecule has 1 aliphatic rings. The molecule has 0 saturated heterocycles. The lowest BCUT2D eigenvalue weighted by atomic mass is 9.78. The van der Waals surface area contributed by atoms with Gasteiger partial charge in [-0.25, -0.2) is 4.98 Å². The number of hydrogen-bond acceptors (Lipinski definition) is 6. The largest absolute Gasteiger partial charge is 0.497 e. The zero-order valence-electron chi connectivity index (χ0n) is 23.8. The van der Waals surface area contributed by atoms with Crippen molar-refractivity contribution in [3.8, 4) is 22.8 Å². The maximum absolute atomic E-state index is 14.3. The van der Waals surface area contributed by atoms with Crippen LogP contribution in [-0.4, -0.2) is 41.5 Å². The number of nitrogens with zero attached hydrogens (tertiary/aromatic N) is 2. The summed E-state index contributed by atoms with van der Waals surface area (Å²) in [5.74, 6) is 0.783. The van der Waals surface area contributed by atoms with Crippen LogP contribution >= 0.6 is 22.9 Å². The van der Waals surface area contributed by atoms with E-state index in [4.69, 9.17) is 26.1 Å². The van der Waals surface area contributed by atoms with Crippen LogP contribution in [-0.2, 0) is 22.6 Å². The molecular weight excluding hydrogens is 570 g/mol. The normalized spacial score (nSPS) is 14.2. The summed E-state index contributed by atoms with van der Waals surface area (Å²) in [4.78, 5) is 35.1. The number of benzene rings is 3. The average Bonchev–Trinajstić information content (AvgIpc) is 3.50. The zero-order valence-corrected chi connectivity index (χ0v) is 25.3. The molecule has 7 nitrogen and oxygen atoms in total. The van der Waals surface area contributed by atoms with Gasteiger partial charge in [0.05, 0.1) is 38.6 Å². The van der Waals surface area contributed by atoms with Crippen molar-refractivity contribution >= 4 is 40.4 Å². The lowest BCUT2D eigenvalue weighted by Crippen LogP contribution is -2.60. The Morgan fingerprint density at radius 2 is 1.71 bits per heavy atom. The highest BCUT2D eigenvalue weighted by Gasteiger charge is 2.47. The molecule has 1 fully saturated rings. The molecule has 218 valence electrons. The molecule has 0 radical (unpaired) electrons. The Hall–Kier alpha value is -3.88. The average molecular weight is 604 g/mol. The standard InChI is InChI=1S/C33H34ClN3O4S/c1-40-26-15-16-27(29(20-26)41-2)36-32(39)33(17-7-4-8-18-33)37(31(38)19-23-9-5-3-6-10-23)21-30-35-28(22-42-30)24-11-13-25(34)14-12-24/h3,5-6,9-16,20,22H,4,7-8,17-19,21H2,1-2H3,(H,36,39). The van der Waals surface area contributed by atoms with Crippen LogP contribution in [0, 0.1) is 0 Å². The number of halogens is 1. The number of hydrogen-bond donors (Lipinski definition) is 1. The van der Waals surface area contributed by atoms with E-state index in [1.54, 1.807) is 37.3 Å². The summed E-state index contributed by atoms with van der Waals surface area (Å²) >= 11 is 7.57. The van der Waals surface area contributed by atoms with E-state index in [9.17, 15) is 9.59 Å². The Morgan fingerprint density at radius 1 is 0.976 bits per heavy atom. The number of aromatic nitrogens is 1. The number of rotatable bonds is 10. The van der Waals surface area contributed by atoms with Gasteiger partial charge in [-0.05, 0) is 42.7 Å². The predicted molar refractivity (Wildman–Crippen MR) is 167 cm³/mol. The minimum atomic E-state index is -1.04. The second kappa shape index (κ2) is 13.4. The molecule has 1 heterocycles. The van der Waals surface area contributed by atoms with Crippen LogP contribution in [0.4, 0.5) is 5.69 Å². The smallest absolute Gasteiger partial charge is 0.250 e. The minimum Gasteiger partial charge on any atom is -0.497 e. The van der Waals surface area contributed by atoms with E-state index in [0.717, 1.165) is 41.1 Å². The monoisotopic (exact) mass is 603 g/mol. The van der Waals surface area contributed by atoms with Crippen LogP contribution in [0.15, 0.2) is 78.2 Å². The van der Waals surface area contributed by atoms with Crippen molar-refractivity contribution in [1.29, 1.82) is 0 Å². The maximum atomic E-state index is 14.3. The van der Waals surface area contributed by atoms with Gasteiger partial charge >= 0.3 is 0 Å². The predicted octanol–water partition coefficient (Wildman–Crippen LogP) is 7.39. The van der Waals surface area contributed by atoms with Gasteiger partial charge in [0.25, 0.3) is 0 Å². The Bertz CT molecular complexity index is 1520. The highest BCUT2D eigenvalue weighted by atomic mass is 35.5. The van der Waals surface area contributed by atoms with E-state index < -0.39 is 5.54 Å². The molecule has 5 rings (SSSR count). The van der Waals surface area contributed by atoms with Gasteiger partial charge in [-0.2, -0.15) is 0 Å². The SMILES string of the molecule is COc1ccc(NC(=O)C2(N(Cc3nc(-c4ccc(Cl)cc4)cs3)C(=O)Cc3ccccc3)CCCCC2)c(OC)c1. The Morgan fingerprint density at radius 3 is 2.40 bits per heavy atom. The number of carbonyl (C=O) groups excluding carboxylic acids is 2. The summed E-state index contributed by atoms with van der Waals surface area (Å²) in [7, 11) is 3.13. The van der Waals surface area contributed by atoms with Crippen LogP contribution in [0.5, 0.6) is 11.5 Å². The fraction of sp³-hybridized carbons (Fsp3) is 0.303. The van der Waals surface area contributed by atoms with Crippen LogP contribution < -0.4 is 14.8 Å². The molecule has 0 spiro atoms. The van der Waals surface area contributed by atoms with Crippen molar-refractivity contribution in [2.24, 2.45) is 0 Å². The molecule has 9 heteroatoms. The highest BCUT2D eigenvalue weighted by Crippen LogP contribution is 2.39. The fourth-order valence-electron chi connectivity index (χ4n) is 5.51. The summed E-state index contributed by atoms with van der Waals surface area (Å²) in [6.07, 6.45) is 4.02. The lowest BCUT2D eigenvalue weighted by Gasteiger charge is -2.45. The molecule has 4 aromatic rings. The molecule has 3 aromatic carbocycles. The van der Waals surface area contributed by atoms with E-state index in [1.165, 1.54) is 11.3 Å². The van der Waals surface area contributed by atoms with Crippen LogP contribution in [0.25, 0.3) is 11.3 Å². The number of ether oxygens (including phenoxy) is 2. The number of anilines is 1. The zero-order chi connectivity index (χ0) is 29.5. The summed E-state index contributed by atoms with van der Waals surface area (Å²) in [6.45, 7) is 0.233. The number of amides is 2. The van der Waals surface area contributed by atoms with Gasteiger partial charge in [-0.15, -0.1) is 11.3 Å². The first kappa shape index (κ1) is 29.6. The van der Waals surface area contributed by atoms with Crippen molar-refractivity contribution in [1.82, 2.24) is 9.88 Å². The highest BCUT2D eigenvalue weighted by molar-refractivity contribution is 7.09. The van der Waals surface area contributed by atoms with Gasteiger partial charge in [0, 0.05) is 22.0 Å². The van der Waals surface area contributed by atoms with E-state index in [-0.39, 0.29) is 24.8 Å². The van der Waals surface area contributed by atoms with E-state index in [1.807, 2.05) is 60.0 Å². The third kappa shape index (κ3) is 6.61. The quantitative estimate of drug-likeness (QED) is 0.204. The van der Waals surface area contributed by atoms with Crippen molar-refractivity contribution < 1.29 is 19.1 Å².